The van der Waals surface area contributed by atoms with Crippen LogP contribution in [-0.2, 0) is 16.6 Å². The molecule has 0 aliphatic carbocycles. The third-order valence-electron chi connectivity index (χ3n) is 3.00. The van der Waals surface area contributed by atoms with Gasteiger partial charge in [-0.3, -0.25) is 0 Å². The lowest BCUT2D eigenvalue weighted by Gasteiger charge is -2.12. The van der Waals surface area contributed by atoms with Crippen molar-refractivity contribution in [2.75, 3.05) is 26.1 Å². The first-order valence-corrected chi connectivity index (χ1v) is 8.14. The lowest BCUT2D eigenvalue weighted by Crippen LogP contribution is -2.25. The van der Waals surface area contributed by atoms with E-state index in [1.165, 1.54) is 19.2 Å². The van der Waals surface area contributed by atoms with Crippen molar-refractivity contribution in [3.8, 4) is 5.75 Å². The Hall–Kier alpha value is -2.26. The van der Waals surface area contributed by atoms with Gasteiger partial charge in [-0.25, -0.2) is 27.5 Å². The van der Waals surface area contributed by atoms with Gasteiger partial charge in [0.1, 0.15) is 11.6 Å². The van der Waals surface area contributed by atoms with Crippen molar-refractivity contribution in [3.63, 3.8) is 0 Å². The third-order valence-corrected chi connectivity index (χ3v) is 4.40. The number of hydrogen-bond acceptors (Lipinski definition) is 6. The first-order chi connectivity index (χ1) is 10.8. The van der Waals surface area contributed by atoms with E-state index in [1.807, 2.05) is 14.1 Å². The minimum absolute atomic E-state index is 0.0223. The minimum Gasteiger partial charge on any atom is -0.494 e. The molecule has 124 valence electrons. The fourth-order valence-electron chi connectivity index (χ4n) is 1.78. The predicted molar refractivity (Wildman–Crippen MR) is 83.3 cm³/mol. The molecule has 2 rings (SSSR count). The second-order valence-corrected chi connectivity index (χ2v) is 6.61. The van der Waals surface area contributed by atoms with E-state index in [0.29, 0.717) is 11.6 Å². The number of halogens is 1. The maximum Gasteiger partial charge on any atom is 0.241 e. The van der Waals surface area contributed by atoms with Crippen LogP contribution in [0.15, 0.2) is 35.4 Å². The van der Waals surface area contributed by atoms with E-state index < -0.39 is 15.8 Å². The molecule has 0 saturated carbocycles. The van der Waals surface area contributed by atoms with Crippen LogP contribution in [0.1, 0.15) is 5.82 Å². The van der Waals surface area contributed by atoms with Gasteiger partial charge in [0.2, 0.25) is 10.0 Å². The van der Waals surface area contributed by atoms with E-state index in [1.54, 1.807) is 17.2 Å². The van der Waals surface area contributed by atoms with Crippen molar-refractivity contribution in [1.29, 1.82) is 0 Å². The number of ether oxygens (including phenoxy) is 1. The lowest BCUT2D eigenvalue weighted by atomic mass is 10.3. The number of benzene rings is 1. The fraction of sp³-hybridized carbons (Fsp3) is 0.286. The van der Waals surface area contributed by atoms with Crippen LogP contribution in [0.2, 0.25) is 0 Å². The van der Waals surface area contributed by atoms with Crippen LogP contribution < -0.4 is 14.4 Å². The number of nitrogens with zero attached hydrogens (tertiary/aromatic N) is 3. The molecule has 1 N–H and O–H groups in total. The Morgan fingerprint density at radius 2 is 2.04 bits per heavy atom. The SMILES string of the molecule is COc1ccc(S(=O)(=O)NCc2nccc(N(C)C)n2)cc1F. The predicted octanol–water partition coefficient (Wildman–Crippen LogP) is 1.17. The molecule has 0 atom stereocenters. The normalized spacial score (nSPS) is 11.3. The first-order valence-electron chi connectivity index (χ1n) is 6.66. The highest BCUT2D eigenvalue weighted by molar-refractivity contribution is 7.89. The average Bonchev–Trinajstić information content (AvgIpc) is 2.53. The molecule has 1 heterocycles. The summed E-state index contributed by atoms with van der Waals surface area (Å²) in [6.45, 7) is -0.0995. The van der Waals surface area contributed by atoms with Crippen molar-refractivity contribution in [1.82, 2.24) is 14.7 Å². The van der Waals surface area contributed by atoms with E-state index in [2.05, 4.69) is 14.7 Å². The highest BCUT2D eigenvalue weighted by Gasteiger charge is 2.17. The lowest BCUT2D eigenvalue weighted by molar-refractivity contribution is 0.385. The smallest absolute Gasteiger partial charge is 0.241 e. The van der Waals surface area contributed by atoms with E-state index in [9.17, 15) is 12.8 Å². The van der Waals surface area contributed by atoms with Gasteiger partial charge in [0, 0.05) is 20.3 Å². The zero-order chi connectivity index (χ0) is 17.0. The molecule has 2 aromatic rings. The molecule has 9 heteroatoms. The molecule has 0 aliphatic rings. The molecule has 0 amide bonds. The van der Waals surface area contributed by atoms with Gasteiger partial charge in [0.25, 0.3) is 0 Å². The van der Waals surface area contributed by atoms with Gasteiger partial charge in [-0.05, 0) is 24.3 Å². The Labute approximate surface area is 134 Å². The van der Waals surface area contributed by atoms with Crippen LogP contribution in [0.5, 0.6) is 5.75 Å². The Balaban J connectivity index is 2.16. The molecule has 23 heavy (non-hydrogen) atoms. The van der Waals surface area contributed by atoms with Crippen LogP contribution >= 0.6 is 0 Å². The Kier molecular flexibility index (Phi) is 5.12. The number of methoxy groups -OCH3 is 1. The molecular weight excluding hydrogens is 323 g/mol. The second kappa shape index (κ2) is 6.88. The maximum absolute atomic E-state index is 13.6. The van der Waals surface area contributed by atoms with E-state index in [-0.39, 0.29) is 17.2 Å². The summed E-state index contributed by atoms with van der Waals surface area (Å²) in [7, 11) is 1.06. The van der Waals surface area contributed by atoms with Gasteiger partial charge in [-0.15, -0.1) is 0 Å². The van der Waals surface area contributed by atoms with E-state index >= 15 is 0 Å². The van der Waals surface area contributed by atoms with Crippen LogP contribution in [0, 0.1) is 5.82 Å². The van der Waals surface area contributed by atoms with Gasteiger partial charge in [-0.1, -0.05) is 0 Å². The molecule has 0 bridgehead atoms. The van der Waals surface area contributed by atoms with Gasteiger partial charge in [0.05, 0.1) is 18.6 Å². The first kappa shape index (κ1) is 17.1. The van der Waals surface area contributed by atoms with Crippen molar-refractivity contribution >= 4 is 15.8 Å². The van der Waals surface area contributed by atoms with Crippen LogP contribution in [-0.4, -0.2) is 39.6 Å². The standard InChI is InChI=1S/C14H17FN4O3S/c1-19(2)14-6-7-16-13(18-14)9-17-23(20,21)10-4-5-12(22-3)11(15)8-10/h4-8,17H,9H2,1-3H3. The van der Waals surface area contributed by atoms with Crippen molar-refractivity contribution < 1.29 is 17.5 Å². The minimum atomic E-state index is -3.88. The molecule has 1 aromatic carbocycles. The summed E-state index contributed by atoms with van der Waals surface area (Å²) in [6.07, 6.45) is 1.54. The summed E-state index contributed by atoms with van der Waals surface area (Å²) in [5.41, 5.74) is 0. The number of aromatic nitrogens is 2. The Bertz CT molecular complexity index is 796. The Morgan fingerprint density at radius 3 is 2.65 bits per heavy atom. The Morgan fingerprint density at radius 1 is 1.30 bits per heavy atom. The molecule has 0 unspecified atom stereocenters. The van der Waals surface area contributed by atoms with Crippen LogP contribution in [0.4, 0.5) is 10.2 Å². The summed E-state index contributed by atoms with van der Waals surface area (Å²) < 4.78 is 45.1. The molecule has 7 nitrogen and oxygen atoms in total. The fourth-order valence-corrected chi connectivity index (χ4v) is 2.77. The highest BCUT2D eigenvalue weighted by Crippen LogP contribution is 2.20. The van der Waals surface area contributed by atoms with Gasteiger partial charge in [0.15, 0.2) is 11.6 Å². The quantitative estimate of drug-likeness (QED) is 0.850. The number of anilines is 1. The number of sulfonamides is 1. The molecule has 0 spiro atoms. The summed E-state index contributed by atoms with van der Waals surface area (Å²) >= 11 is 0. The van der Waals surface area contributed by atoms with Gasteiger partial charge < -0.3 is 9.64 Å². The van der Waals surface area contributed by atoms with Gasteiger partial charge >= 0.3 is 0 Å². The topological polar surface area (TPSA) is 84.4 Å². The average molecular weight is 340 g/mol. The summed E-state index contributed by atoms with van der Waals surface area (Å²) in [4.78, 5) is 9.79. The molecule has 0 aliphatic heterocycles. The molecule has 0 fully saturated rings. The van der Waals surface area contributed by atoms with Crippen LogP contribution in [0.3, 0.4) is 0 Å². The summed E-state index contributed by atoms with van der Waals surface area (Å²) in [5, 5.41) is 0. The van der Waals surface area contributed by atoms with Crippen molar-refractivity contribution in [2.45, 2.75) is 11.4 Å². The number of rotatable bonds is 6. The maximum atomic E-state index is 13.6. The molecular formula is C14H17FN4O3S. The van der Waals surface area contributed by atoms with E-state index in [4.69, 9.17) is 4.74 Å². The number of nitrogens with one attached hydrogen (secondary N) is 1. The molecule has 1 aromatic heterocycles. The summed E-state index contributed by atoms with van der Waals surface area (Å²) in [6, 6.07) is 5.13. The second-order valence-electron chi connectivity index (χ2n) is 4.85. The van der Waals surface area contributed by atoms with Crippen LogP contribution in [0.25, 0.3) is 0 Å². The zero-order valence-corrected chi connectivity index (χ0v) is 13.8. The monoisotopic (exact) mass is 340 g/mol. The van der Waals surface area contributed by atoms with E-state index in [0.717, 1.165) is 6.07 Å². The summed E-state index contributed by atoms with van der Waals surface area (Å²) in [5.74, 6) is 0.200. The molecule has 0 saturated heterocycles. The molecule has 0 radical (unpaired) electrons. The third kappa shape index (κ3) is 4.14. The number of hydrogen-bond donors (Lipinski definition) is 1. The highest BCUT2D eigenvalue weighted by atomic mass is 32.2. The van der Waals surface area contributed by atoms with Crippen molar-refractivity contribution in [2.24, 2.45) is 0 Å². The zero-order valence-electron chi connectivity index (χ0n) is 12.9. The largest absolute Gasteiger partial charge is 0.494 e. The van der Waals surface area contributed by atoms with Crippen molar-refractivity contribution in [3.05, 3.63) is 42.1 Å². The van der Waals surface area contributed by atoms with Gasteiger partial charge in [-0.2, -0.15) is 0 Å².